The highest BCUT2D eigenvalue weighted by atomic mass is 19.1. The monoisotopic (exact) mass is 514 g/mol. The van der Waals surface area contributed by atoms with Gasteiger partial charge in [-0.3, -0.25) is 14.0 Å². The number of aromatic nitrogens is 2. The van der Waals surface area contributed by atoms with Crippen molar-refractivity contribution in [3.8, 4) is 11.3 Å². The van der Waals surface area contributed by atoms with Crippen LogP contribution in [0.25, 0.3) is 16.9 Å². The molecule has 1 aliphatic rings. The molecule has 1 unspecified atom stereocenters. The molecule has 196 valence electrons. The van der Waals surface area contributed by atoms with Crippen LogP contribution < -0.4 is 10.6 Å². The van der Waals surface area contributed by atoms with E-state index < -0.39 is 23.7 Å². The van der Waals surface area contributed by atoms with Crippen molar-refractivity contribution in [3.63, 3.8) is 0 Å². The molecular weight excluding hydrogens is 483 g/mol. The first kappa shape index (κ1) is 25.4. The highest BCUT2D eigenvalue weighted by Crippen LogP contribution is 2.33. The summed E-state index contributed by atoms with van der Waals surface area (Å²) in [6, 6.07) is 16.6. The van der Waals surface area contributed by atoms with E-state index in [1.54, 1.807) is 12.1 Å². The van der Waals surface area contributed by atoms with E-state index >= 15 is 0 Å². The molecule has 3 N–H and O–H groups in total. The summed E-state index contributed by atoms with van der Waals surface area (Å²) in [5.74, 6) is -1.11. The lowest BCUT2D eigenvalue weighted by atomic mass is 9.95. The fourth-order valence-electron chi connectivity index (χ4n) is 5.17. The van der Waals surface area contributed by atoms with Crippen LogP contribution in [0.5, 0.6) is 0 Å². The van der Waals surface area contributed by atoms with Gasteiger partial charge >= 0.3 is 5.97 Å². The molecule has 1 atom stereocenters. The van der Waals surface area contributed by atoms with Crippen LogP contribution in [0.3, 0.4) is 0 Å². The van der Waals surface area contributed by atoms with E-state index in [9.17, 15) is 19.1 Å². The number of benzene rings is 2. The molecule has 1 amide bonds. The Balaban J connectivity index is 1.55. The quantitative estimate of drug-likeness (QED) is 0.263. The maximum absolute atomic E-state index is 13.5. The first-order valence-corrected chi connectivity index (χ1v) is 13.0. The molecule has 2 aromatic heterocycles. The number of fused-ring (bicyclic) bond motifs is 1. The number of halogens is 1. The van der Waals surface area contributed by atoms with Crippen LogP contribution in [0.15, 0.2) is 66.9 Å². The normalized spacial score (nSPS) is 14.8. The van der Waals surface area contributed by atoms with Crippen LogP contribution in [0.1, 0.15) is 66.1 Å². The van der Waals surface area contributed by atoms with Crippen LogP contribution in [0.2, 0.25) is 0 Å². The lowest BCUT2D eigenvalue weighted by molar-refractivity contribution is -0.137. The second-order valence-corrected chi connectivity index (χ2v) is 9.95. The van der Waals surface area contributed by atoms with Crippen LogP contribution in [-0.2, 0) is 4.79 Å². The minimum Gasteiger partial charge on any atom is -0.481 e. The fourth-order valence-corrected chi connectivity index (χ4v) is 5.17. The van der Waals surface area contributed by atoms with Crippen molar-refractivity contribution >= 4 is 23.3 Å². The summed E-state index contributed by atoms with van der Waals surface area (Å²) in [5, 5.41) is 16.0. The standard InChI is InChI=1S/C30H31FN4O3/c1-19-7-5-8-21(17-19)27-29(32-23-9-3-2-4-10-23)35-16-6-11-24(28(35)34-27)30(38)33-25(18-26(36)37)20-12-14-22(31)15-13-20/h5-8,11-17,23,25,32H,2-4,9-10,18H2,1H3,(H,33,38)(H,36,37). The van der Waals surface area contributed by atoms with Crippen molar-refractivity contribution < 1.29 is 19.1 Å². The number of carboxylic acid groups (broad SMARTS) is 1. The molecule has 0 saturated heterocycles. The number of carboxylic acids is 1. The zero-order valence-electron chi connectivity index (χ0n) is 21.3. The number of amides is 1. The number of hydrogen-bond acceptors (Lipinski definition) is 4. The molecule has 2 aromatic carbocycles. The summed E-state index contributed by atoms with van der Waals surface area (Å²) >= 11 is 0. The Morgan fingerprint density at radius 1 is 1.08 bits per heavy atom. The summed E-state index contributed by atoms with van der Waals surface area (Å²) in [6.07, 6.45) is 7.30. The number of pyridine rings is 1. The second kappa shape index (κ2) is 11.0. The van der Waals surface area contributed by atoms with Gasteiger partial charge in [0.05, 0.1) is 18.0 Å². The number of aryl methyl sites for hydroxylation is 1. The summed E-state index contributed by atoms with van der Waals surface area (Å²) in [5.41, 5.74) is 4.15. The summed E-state index contributed by atoms with van der Waals surface area (Å²) in [4.78, 5) is 30.0. The second-order valence-electron chi connectivity index (χ2n) is 9.95. The van der Waals surface area contributed by atoms with Crippen molar-refractivity contribution in [2.45, 2.75) is 57.5 Å². The average Bonchev–Trinajstić information content (AvgIpc) is 3.27. The van der Waals surface area contributed by atoms with Gasteiger partial charge in [0.1, 0.15) is 17.3 Å². The van der Waals surface area contributed by atoms with Gasteiger partial charge in [-0.15, -0.1) is 0 Å². The minimum atomic E-state index is -1.07. The number of anilines is 1. The van der Waals surface area contributed by atoms with E-state index in [-0.39, 0.29) is 6.42 Å². The smallest absolute Gasteiger partial charge is 0.305 e. The number of imidazole rings is 1. The predicted molar refractivity (Wildman–Crippen MR) is 145 cm³/mol. The molecule has 5 rings (SSSR count). The van der Waals surface area contributed by atoms with Gasteiger partial charge in [-0.05, 0) is 55.7 Å². The third-order valence-corrected chi connectivity index (χ3v) is 7.09. The molecule has 38 heavy (non-hydrogen) atoms. The van der Waals surface area contributed by atoms with Gasteiger partial charge in [-0.25, -0.2) is 9.37 Å². The molecule has 1 saturated carbocycles. The molecule has 8 heteroatoms. The Morgan fingerprint density at radius 2 is 1.84 bits per heavy atom. The van der Waals surface area contributed by atoms with E-state index in [1.165, 1.54) is 43.5 Å². The molecule has 0 bridgehead atoms. The molecule has 2 heterocycles. The van der Waals surface area contributed by atoms with Gasteiger partial charge < -0.3 is 15.7 Å². The SMILES string of the molecule is Cc1cccc(-c2nc3c(C(=O)NC(CC(=O)O)c4ccc(F)cc4)cccn3c2NC2CCCCC2)c1. The van der Waals surface area contributed by atoms with Gasteiger partial charge in [0.25, 0.3) is 5.91 Å². The molecule has 0 radical (unpaired) electrons. The third kappa shape index (κ3) is 5.54. The zero-order valence-corrected chi connectivity index (χ0v) is 21.3. The van der Waals surface area contributed by atoms with Crippen LogP contribution in [-0.4, -0.2) is 32.4 Å². The minimum absolute atomic E-state index is 0.322. The topological polar surface area (TPSA) is 95.7 Å². The molecule has 0 aliphatic heterocycles. The molecule has 1 fully saturated rings. The van der Waals surface area contributed by atoms with Crippen molar-refractivity contribution in [1.82, 2.24) is 14.7 Å². The first-order chi connectivity index (χ1) is 18.4. The summed E-state index contributed by atoms with van der Waals surface area (Å²) in [7, 11) is 0. The van der Waals surface area contributed by atoms with Crippen LogP contribution in [0, 0.1) is 12.7 Å². The number of nitrogens with one attached hydrogen (secondary N) is 2. The van der Waals surface area contributed by atoms with Gasteiger partial charge in [0.2, 0.25) is 0 Å². The Labute approximate surface area is 220 Å². The van der Waals surface area contributed by atoms with Crippen molar-refractivity contribution in [2.24, 2.45) is 0 Å². The molecule has 1 aliphatic carbocycles. The maximum Gasteiger partial charge on any atom is 0.305 e. The van der Waals surface area contributed by atoms with E-state index in [4.69, 9.17) is 4.98 Å². The van der Waals surface area contributed by atoms with Crippen molar-refractivity contribution in [3.05, 3.63) is 89.4 Å². The number of carbonyl (C=O) groups is 2. The summed E-state index contributed by atoms with van der Waals surface area (Å²) in [6.45, 7) is 2.03. The lowest BCUT2D eigenvalue weighted by Crippen LogP contribution is -2.30. The highest BCUT2D eigenvalue weighted by molar-refractivity contribution is 6.01. The van der Waals surface area contributed by atoms with E-state index in [0.717, 1.165) is 35.5 Å². The van der Waals surface area contributed by atoms with Gasteiger partial charge in [0.15, 0.2) is 5.65 Å². The van der Waals surface area contributed by atoms with E-state index in [0.29, 0.717) is 22.8 Å². The van der Waals surface area contributed by atoms with E-state index in [2.05, 4.69) is 16.7 Å². The van der Waals surface area contributed by atoms with Crippen LogP contribution in [0.4, 0.5) is 10.2 Å². The summed E-state index contributed by atoms with van der Waals surface area (Å²) < 4.78 is 15.4. The molecule has 0 spiro atoms. The van der Waals surface area contributed by atoms with Gasteiger partial charge in [0, 0.05) is 17.8 Å². The van der Waals surface area contributed by atoms with Crippen molar-refractivity contribution in [1.29, 1.82) is 0 Å². The Hall–Kier alpha value is -4.20. The Kier molecular flexibility index (Phi) is 7.40. The Bertz CT molecular complexity index is 1460. The fraction of sp³-hybridized carbons (Fsp3) is 0.300. The van der Waals surface area contributed by atoms with Crippen molar-refractivity contribution in [2.75, 3.05) is 5.32 Å². The zero-order chi connectivity index (χ0) is 26.6. The number of carbonyl (C=O) groups excluding carboxylic acids is 1. The molecule has 4 aromatic rings. The largest absolute Gasteiger partial charge is 0.481 e. The van der Waals surface area contributed by atoms with E-state index in [1.807, 2.05) is 35.7 Å². The third-order valence-electron chi connectivity index (χ3n) is 7.09. The number of hydrogen-bond donors (Lipinski definition) is 3. The van der Waals surface area contributed by atoms with Crippen LogP contribution >= 0.6 is 0 Å². The average molecular weight is 515 g/mol. The first-order valence-electron chi connectivity index (χ1n) is 13.0. The molecular formula is C30H31FN4O3. The number of aliphatic carboxylic acids is 1. The van der Waals surface area contributed by atoms with Gasteiger partial charge in [-0.2, -0.15) is 0 Å². The molecule has 7 nitrogen and oxygen atoms in total. The number of rotatable bonds is 8. The Morgan fingerprint density at radius 3 is 2.55 bits per heavy atom. The lowest BCUT2D eigenvalue weighted by Gasteiger charge is -2.24. The number of nitrogens with zero attached hydrogens (tertiary/aromatic N) is 2. The predicted octanol–water partition coefficient (Wildman–Crippen LogP) is 6.14. The van der Waals surface area contributed by atoms with Gasteiger partial charge in [-0.1, -0.05) is 55.2 Å². The highest BCUT2D eigenvalue weighted by Gasteiger charge is 2.25. The maximum atomic E-state index is 13.5.